The molecule has 0 aromatic carbocycles. The van der Waals surface area contributed by atoms with Gasteiger partial charge in [-0.05, 0) is 11.6 Å². The monoisotopic (exact) mass is 204 g/mol. The highest BCUT2D eigenvalue weighted by molar-refractivity contribution is 5.74. The fourth-order valence-electron chi connectivity index (χ4n) is 1.32. The number of carbonyl (C=O) groups is 1. The highest BCUT2D eigenvalue weighted by Gasteiger charge is 2.10. The molecule has 0 unspecified atom stereocenters. The van der Waals surface area contributed by atoms with Crippen LogP contribution in [0.15, 0.2) is 35.5 Å². The number of nitrogens with zero attached hydrogens (tertiary/aromatic N) is 2. The second kappa shape index (κ2) is 3.91. The fourth-order valence-corrected chi connectivity index (χ4v) is 1.32. The smallest absolute Gasteiger partial charge is 0.307 e. The lowest BCUT2D eigenvalue weighted by atomic mass is 10.1. The van der Waals surface area contributed by atoms with Crippen LogP contribution >= 0.6 is 0 Å². The Morgan fingerprint density at radius 3 is 2.93 bits per heavy atom. The minimum Gasteiger partial charge on any atom is -0.481 e. The van der Waals surface area contributed by atoms with Crippen molar-refractivity contribution in [1.29, 1.82) is 0 Å². The average Bonchev–Trinajstić information content (AvgIpc) is 2.70. The molecular weight excluding hydrogens is 196 g/mol. The molecule has 0 radical (unpaired) electrons. The molecule has 0 fully saturated rings. The topological polar surface area (TPSA) is 76.2 Å². The highest BCUT2D eigenvalue weighted by Crippen LogP contribution is 2.22. The summed E-state index contributed by atoms with van der Waals surface area (Å²) in [5.74, 6) is -0.350. The zero-order valence-corrected chi connectivity index (χ0v) is 7.75. The quantitative estimate of drug-likeness (QED) is 0.816. The third-order valence-electron chi connectivity index (χ3n) is 1.94. The van der Waals surface area contributed by atoms with Gasteiger partial charge >= 0.3 is 5.97 Å². The standard InChI is InChI=1S/C10H8N2O3/c13-10(14)3-7-4-11-2-1-8(7)9-5-12-6-15-9/h1-2,4-6H,3H2,(H,13,14). The van der Waals surface area contributed by atoms with Crippen molar-refractivity contribution in [3.8, 4) is 11.3 Å². The van der Waals surface area contributed by atoms with E-state index in [4.69, 9.17) is 9.52 Å². The number of aromatic nitrogens is 2. The molecule has 0 amide bonds. The van der Waals surface area contributed by atoms with Crippen LogP contribution in [0.3, 0.4) is 0 Å². The second-order valence-corrected chi connectivity index (χ2v) is 2.97. The van der Waals surface area contributed by atoms with Crippen LogP contribution in [0.2, 0.25) is 0 Å². The normalized spacial score (nSPS) is 10.1. The Morgan fingerprint density at radius 2 is 2.27 bits per heavy atom. The first-order valence-corrected chi connectivity index (χ1v) is 4.31. The predicted octanol–water partition coefficient (Wildman–Crippen LogP) is 1.36. The summed E-state index contributed by atoms with van der Waals surface area (Å²) in [6.45, 7) is 0. The van der Waals surface area contributed by atoms with E-state index in [-0.39, 0.29) is 6.42 Å². The highest BCUT2D eigenvalue weighted by atomic mass is 16.4. The van der Waals surface area contributed by atoms with Gasteiger partial charge in [0.15, 0.2) is 12.2 Å². The van der Waals surface area contributed by atoms with Crippen molar-refractivity contribution in [2.24, 2.45) is 0 Å². The van der Waals surface area contributed by atoms with Gasteiger partial charge in [-0.3, -0.25) is 9.78 Å². The summed E-state index contributed by atoms with van der Waals surface area (Å²) in [5.41, 5.74) is 1.33. The first kappa shape index (κ1) is 9.39. The number of rotatable bonds is 3. The number of carboxylic acid groups (broad SMARTS) is 1. The van der Waals surface area contributed by atoms with Gasteiger partial charge in [-0.2, -0.15) is 0 Å². The first-order valence-electron chi connectivity index (χ1n) is 4.31. The SMILES string of the molecule is O=C(O)Cc1cnccc1-c1cnco1. The molecule has 0 aliphatic heterocycles. The molecule has 2 heterocycles. The van der Waals surface area contributed by atoms with Crippen LogP contribution in [0.1, 0.15) is 5.56 Å². The van der Waals surface area contributed by atoms with Crippen molar-refractivity contribution in [2.45, 2.75) is 6.42 Å². The number of pyridine rings is 1. The number of aliphatic carboxylic acids is 1. The molecule has 5 heteroatoms. The van der Waals surface area contributed by atoms with Crippen LogP contribution in [0.25, 0.3) is 11.3 Å². The molecule has 76 valence electrons. The molecule has 2 rings (SSSR count). The molecule has 0 aliphatic carbocycles. The number of hydrogen-bond donors (Lipinski definition) is 1. The minimum atomic E-state index is -0.899. The Bertz CT molecular complexity index is 465. The summed E-state index contributed by atoms with van der Waals surface area (Å²) in [6.07, 6.45) is 5.88. The zero-order chi connectivity index (χ0) is 10.7. The first-order chi connectivity index (χ1) is 7.27. The third kappa shape index (κ3) is 2.01. The molecule has 0 bridgehead atoms. The van der Waals surface area contributed by atoms with Gasteiger partial charge in [0.25, 0.3) is 0 Å². The van der Waals surface area contributed by atoms with E-state index in [1.807, 2.05) is 0 Å². The van der Waals surface area contributed by atoms with Gasteiger partial charge in [-0.25, -0.2) is 4.98 Å². The van der Waals surface area contributed by atoms with Crippen LogP contribution in [0, 0.1) is 0 Å². The molecular formula is C10H8N2O3. The summed E-state index contributed by atoms with van der Waals surface area (Å²) < 4.78 is 5.11. The number of oxazole rings is 1. The summed E-state index contributed by atoms with van der Waals surface area (Å²) >= 11 is 0. The lowest BCUT2D eigenvalue weighted by Crippen LogP contribution is -2.02. The van der Waals surface area contributed by atoms with Gasteiger partial charge in [-0.15, -0.1) is 0 Å². The zero-order valence-electron chi connectivity index (χ0n) is 7.75. The van der Waals surface area contributed by atoms with E-state index < -0.39 is 5.97 Å². The van der Waals surface area contributed by atoms with Crippen molar-refractivity contribution in [1.82, 2.24) is 9.97 Å². The summed E-state index contributed by atoms with van der Waals surface area (Å²) in [6, 6.07) is 1.71. The van der Waals surface area contributed by atoms with Gasteiger partial charge in [0.05, 0.1) is 12.6 Å². The van der Waals surface area contributed by atoms with E-state index in [1.54, 1.807) is 18.5 Å². The molecule has 0 aliphatic rings. The third-order valence-corrected chi connectivity index (χ3v) is 1.94. The number of hydrogen-bond acceptors (Lipinski definition) is 4. The Hall–Kier alpha value is -2.17. The van der Waals surface area contributed by atoms with Gasteiger partial charge in [0.2, 0.25) is 0 Å². The predicted molar refractivity (Wildman–Crippen MR) is 51.1 cm³/mol. The van der Waals surface area contributed by atoms with Gasteiger partial charge in [0.1, 0.15) is 0 Å². The summed E-state index contributed by atoms with van der Waals surface area (Å²) in [4.78, 5) is 18.3. The van der Waals surface area contributed by atoms with Crippen LogP contribution in [-0.2, 0) is 11.2 Å². The Morgan fingerprint density at radius 1 is 1.40 bits per heavy atom. The second-order valence-electron chi connectivity index (χ2n) is 2.97. The molecule has 0 atom stereocenters. The Kier molecular flexibility index (Phi) is 2.45. The average molecular weight is 204 g/mol. The van der Waals surface area contributed by atoms with E-state index in [0.717, 1.165) is 0 Å². The largest absolute Gasteiger partial charge is 0.481 e. The molecule has 0 spiro atoms. The van der Waals surface area contributed by atoms with Crippen molar-refractivity contribution in [2.75, 3.05) is 0 Å². The Balaban J connectivity index is 2.42. The molecule has 0 saturated carbocycles. The van der Waals surface area contributed by atoms with Crippen molar-refractivity contribution < 1.29 is 14.3 Å². The maximum atomic E-state index is 10.6. The molecule has 2 aromatic rings. The van der Waals surface area contributed by atoms with E-state index >= 15 is 0 Å². The fraction of sp³-hybridized carbons (Fsp3) is 0.100. The van der Waals surface area contributed by atoms with Gasteiger partial charge in [0, 0.05) is 18.0 Å². The van der Waals surface area contributed by atoms with E-state index in [0.29, 0.717) is 16.9 Å². The lowest BCUT2D eigenvalue weighted by molar-refractivity contribution is -0.136. The molecule has 0 saturated heterocycles. The van der Waals surface area contributed by atoms with Crippen molar-refractivity contribution >= 4 is 5.97 Å². The number of carboxylic acids is 1. The van der Waals surface area contributed by atoms with Crippen molar-refractivity contribution in [3.05, 3.63) is 36.6 Å². The van der Waals surface area contributed by atoms with Crippen molar-refractivity contribution in [3.63, 3.8) is 0 Å². The van der Waals surface area contributed by atoms with Crippen LogP contribution in [-0.4, -0.2) is 21.0 Å². The summed E-state index contributed by atoms with van der Waals surface area (Å²) in [7, 11) is 0. The molecule has 1 N–H and O–H groups in total. The van der Waals surface area contributed by atoms with Crippen LogP contribution < -0.4 is 0 Å². The molecule has 5 nitrogen and oxygen atoms in total. The van der Waals surface area contributed by atoms with E-state index in [1.165, 1.54) is 12.6 Å². The van der Waals surface area contributed by atoms with Gasteiger partial charge in [-0.1, -0.05) is 0 Å². The Labute approximate surface area is 85.4 Å². The molecule has 2 aromatic heterocycles. The lowest BCUT2D eigenvalue weighted by Gasteiger charge is -2.02. The summed E-state index contributed by atoms with van der Waals surface area (Å²) in [5, 5.41) is 8.71. The molecule has 15 heavy (non-hydrogen) atoms. The minimum absolute atomic E-state index is 0.0795. The van der Waals surface area contributed by atoms with E-state index in [2.05, 4.69) is 9.97 Å². The van der Waals surface area contributed by atoms with E-state index in [9.17, 15) is 4.79 Å². The van der Waals surface area contributed by atoms with Gasteiger partial charge < -0.3 is 9.52 Å². The van der Waals surface area contributed by atoms with Crippen LogP contribution in [0.4, 0.5) is 0 Å². The van der Waals surface area contributed by atoms with Crippen LogP contribution in [0.5, 0.6) is 0 Å². The maximum absolute atomic E-state index is 10.6. The maximum Gasteiger partial charge on any atom is 0.307 e.